The zero-order valence-electron chi connectivity index (χ0n) is 6.00. The first-order valence-electron chi connectivity index (χ1n) is 2.75. The molecule has 0 aliphatic rings. The first-order valence-corrected chi connectivity index (χ1v) is 2.75. The third-order valence-electron chi connectivity index (χ3n) is 0.562. The van der Waals surface area contributed by atoms with Crippen LogP contribution in [0.25, 0.3) is 0 Å². The van der Waals surface area contributed by atoms with E-state index in [2.05, 4.69) is 11.5 Å². The van der Waals surface area contributed by atoms with Gasteiger partial charge in [0.15, 0.2) is 0 Å². The van der Waals surface area contributed by atoms with Crippen LogP contribution in [0.15, 0.2) is 22.6 Å². The second-order valence-corrected chi connectivity index (χ2v) is 2.25. The van der Waals surface area contributed by atoms with Gasteiger partial charge in [-0.1, -0.05) is 11.5 Å². The minimum absolute atomic E-state index is 1.17. The standard InChI is InChI=1S/C8H12/c1-7(2)5-6-8(3)4/h1-4H3. The van der Waals surface area contributed by atoms with Gasteiger partial charge in [0.25, 0.3) is 0 Å². The Morgan fingerprint density at radius 3 is 1.12 bits per heavy atom. The average Bonchev–Trinajstić information content (AvgIpc) is 1.61. The maximum atomic E-state index is 2.97. The lowest BCUT2D eigenvalue weighted by atomic mass is 10.3. The van der Waals surface area contributed by atoms with Crippen molar-refractivity contribution in [1.29, 1.82) is 0 Å². The molecular formula is C8H12. The van der Waals surface area contributed by atoms with E-state index in [4.69, 9.17) is 0 Å². The van der Waals surface area contributed by atoms with Crippen molar-refractivity contribution in [3.8, 4) is 0 Å². The van der Waals surface area contributed by atoms with E-state index in [0.29, 0.717) is 0 Å². The lowest BCUT2D eigenvalue weighted by molar-refractivity contribution is 1.38. The van der Waals surface area contributed by atoms with Crippen molar-refractivity contribution in [2.24, 2.45) is 0 Å². The molecule has 8 heavy (non-hydrogen) atoms. The van der Waals surface area contributed by atoms with Crippen molar-refractivity contribution in [2.75, 3.05) is 0 Å². The molecule has 0 bridgehead atoms. The number of hydrogen-bond acceptors (Lipinski definition) is 0. The van der Waals surface area contributed by atoms with Crippen molar-refractivity contribution >= 4 is 0 Å². The zero-order chi connectivity index (χ0) is 6.57. The van der Waals surface area contributed by atoms with Gasteiger partial charge in [-0.3, -0.25) is 0 Å². The van der Waals surface area contributed by atoms with Crippen LogP contribution in [0, 0.1) is 0 Å². The number of allylic oxidation sites excluding steroid dienone is 2. The molecule has 0 heteroatoms. The summed E-state index contributed by atoms with van der Waals surface area (Å²) in [7, 11) is 0. The lowest BCUT2D eigenvalue weighted by Gasteiger charge is -1.73. The molecular weight excluding hydrogens is 96.1 g/mol. The van der Waals surface area contributed by atoms with Gasteiger partial charge < -0.3 is 0 Å². The highest BCUT2D eigenvalue weighted by atomic mass is 13.7. The Morgan fingerprint density at radius 2 is 1.00 bits per heavy atom. The predicted molar refractivity (Wildman–Crippen MR) is 36.7 cm³/mol. The fourth-order valence-electron chi connectivity index (χ4n) is 0.250. The summed E-state index contributed by atoms with van der Waals surface area (Å²) in [5.41, 5.74) is 8.29. The molecule has 0 saturated heterocycles. The van der Waals surface area contributed by atoms with Crippen molar-refractivity contribution in [1.82, 2.24) is 0 Å². The van der Waals surface area contributed by atoms with Gasteiger partial charge in [0, 0.05) is 0 Å². The van der Waals surface area contributed by atoms with Gasteiger partial charge in [0.2, 0.25) is 0 Å². The molecule has 0 heterocycles. The summed E-state index contributed by atoms with van der Waals surface area (Å²) in [6.07, 6.45) is 0. The van der Waals surface area contributed by atoms with Crippen LogP contribution < -0.4 is 0 Å². The molecule has 0 aromatic carbocycles. The largest absolute Gasteiger partial charge is 0.0718 e. The topological polar surface area (TPSA) is 0 Å². The molecule has 0 amide bonds. The maximum absolute atomic E-state index is 2.97. The van der Waals surface area contributed by atoms with Crippen molar-refractivity contribution in [2.45, 2.75) is 27.7 Å². The Hall–Kier alpha value is -0.700. The van der Waals surface area contributed by atoms with Crippen molar-refractivity contribution in [3.63, 3.8) is 0 Å². The summed E-state index contributed by atoms with van der Waals surface area (Å²) < 4.78 is 0. The van der Waals surface area contributed by atoms with E-state index in [0.717, 1.165) is 0 Å². The fraction of sp³-hybridized carbons (Fsp3) is 0.500. The summed E-state index contributed by atoms with van der Waals surface area (Å²) in [4.78, 5) is 0. The van der Waals surface area contributed by atoms with Crippen LogP contribution in [-0.4, -0.2) is 0 Å². The van der Waals surface area contributed by atoms with Gasteiger partial charge in [0.1, 0.15) is 0 Å². The minimum Gasteiger partial charge on any atom is -0.0718 e. The summed E-state index contributed by atoms with van der Waals surface area (Å²) in [6, 6.07) is 0. The average molecular weight is 108 g/mol. The smallest absolute Gasteiger partial charge is 0.0261 e. The second kappa shape index (κ2) is 3.32. The van der Waals surface area contributed by atoms with E-state index in [1.165, 1.54) is 11.1 Å². The van der Waals surface area contributed by atoms with E-state index in [1.54, 1.807) is 0 Å². The molecule has 0 aromatic heterocycles. The van der Waals surface area contributed by atoms with Crippen LogP contribution in [0.2, 0.25) is 0 Å². The summed E-state index contributed by atoms with van der Waals surface area (Å²) in [5.74, 6) is 0. The monoisotopic (exact) mass is 108 g/mol. The first kappa shape index (κ1) is 7.30. The molecule has 44 valence electrons. The molecule has 0 aliphatic carbocycles. The molecule has 0 aromatic rings. The molecule has 0 aliphatic heterocycles. The summed E-state index contributed by atoms with van der Waals surface area (Å²) in [5, 5.41) is 0. The van der Waals surface area contributed by atoms with E-state index in [9.17, 15) is 0 Å². The Bertz CT molecular complexity index is 132. The lowest BCUT2D eigenvalue weighted by Crippen LogP contribution is -1.54. The number of rotatable bonds is 0. The molecule has 0 N–H and O–H groups in total. The van der Waals surface area contributed by atoms with Gasteiger partial charge in [0.05, 0.1) is 0 Å². The summed E-state index contributed by atoms with van der Waals surface area (Å²) in [6.45, 7) is 8.04. The van der Waals surface area contributed by atoms with E-state index in [-0.39, 0.29) is 0 Å². The van der Waals surface area contributed by atoms with Crippen molar-refractivity contribution < 1.29 is 0 Å². The Balaban J connectivity index is 4.47. The zero-order valence-corrected chi connectivity index (χ0v) is 6.00. The molecule has 0 unspecified atom stereocenters. The van der Waals surface area contributed by atoms with Crippen molar-refractivity contribution in [3.05, 3.63) is 22.6 Å². The third kappa shape index (κ3) is 5.30. The van der Waals surface area contributed by atoms with Crippen LogP contribution in [-0.2, 0) is 0 Å². The van der Waals surface area contributed by atoms with E-state index >= 15 is 0 Å². The summed E-state index contributed by atoms with van der Waals surface area (Å²) >= 11 is 0. The molecule has 0 radical (unpaired) electrons. The molecule has 0 nitrogen and oxygen atoms in total. The van der Waals surface area contributed by atoms with Gasteiger partial charge in [-0.2, -0.15) is 0 Å². The second-order valence-electron chi connectivity index (χ2n) is 2.25. The highest BCUT2D eigenvalue weighted by molar-refractivity contribution is 4.98. The van der Waals surface area contributed by atoms with Crippen LogP contribution >= 0.6 is 0 Å². The first-order chi connectivity index (χ1) is 3.63. The number of hydrogen-bond donors (Lipinski definition) is 0. The Labute approximate surface area is 51.2 Å². The van der Waals surface area contributed by atoms with Crippen LogP contribution in [0.4, 0.5) is 0 Å². The van der Waals surface area contributed by atoms with Crippen LogP contribution in [0.5, 0.6) is 0 Å². The highest BCUT2D eigenvalue weighted by Gasteiger charge is 1.66. The molecule has 0 saturated carbocycles. The predicted octanol–water partition coefficient (Wildman–Crippen LogP) is 2.67. The molecule has 0 fully saturated rings. The minimum atomic E-state index is 1.17. The Morgan fingerprint density at radius 1 is 0.750 bits per heavy atom. The van der Waals surface area contributed by atoms with Gasteiger partial charge >= 0.3 is 0 Å². The molecule has 0 rings (SSSR count). The van der Waals surface area contributed by atoms with Gasteiger partial charge in [-0.05, 0) is 38.8 Å². The molecule has 0 spiro atoms. The Kier molecular flexibility index (Phi) is 3.03. The molecule has 0 atom stereocenters. The van der Waals surface area contributed by atoms with E-state index in [1.807, 2.05) is 27.7 Å². The highest BCUT2D eigenvalue weighted by Crippen LogP contribution is 1.85. The normalized spacial score (nSPS) is 7.00. The van der Waals surface area contributed by atoms with Crippen LogP contribution in [0.1, 0.15) is 27.7 Å². The van der Waals surface area contributed by atoms with Crippen LogP contribution in [0.3, 0.4) is 0 Å². The van der Waals surface area contributed by atoms with Gasteiger partial charge in [-0.25, -0.2) is 0 Å². The SMILES string of the molecule is CC(C)=C=C=C(C)C. The maximum Gasteiger partial charge on any atom is -0.0261 e. The van der Waals surface area contributed by atoms with Gasteiger partial charge in [-0.15, -0.1) is 0 Å². The quantitative estimate of drug-likeness (QED) is 0.418. The van der Waals surface area contributed by atoms with E-state index < -0.39 is 0 Å². The third-order valence-corrected chi connectivity index (χ3v) is 0.562. The fourth-order valence-corrected chi connectivity index (χ4v) is 0.250.